The third kappa shape index (κ3) is 7.14. The Morgan fingerprint density at radius 1 is 1.07 bits per heavy atom. The fraction of sp³-hybridized carbons (Fsp3) is 0.250. The second-order valence-electron chi connectivity index (χ2n) is 8.63. The lowest BCUT2D eigenvalue weighted by Gasteiger charge is -2.42. The summed E-state index contributed by atoms with van der Waals surface area (Å²) < 4.78 is 103. The predicted molar refractivity (Wildman–Crippen MR) is 128 cm³/mol. The van der Waals surface area contributed by atoms with Gasteiger partial charge in [-0.25, -0.2) is 18.0 Å². The first kappa shape index (κ1) is 30.9. The molecule has 0 saturated carbocycles. The zero-order valence-corrected chi connectivity index (χ0v) is 21.4. The molecule has 3 amide bonds. The number of allylic oxidation sites excluding steroid dienone is 1. The van der Waals surface area contributed by atoms with Gasteiger partial charge in [0.25, 0.3) is 5.91 Å². The lowest BCUT2D eigenvalue weighted by molar-refractivity contribution is -0.137. The highest BCUT2D eigenvalue weighted by molar-refractivity contribution is 7.90. The van der Waals surface area contributed by atoms with Crippen LogP contribution < -0.4 is 9.62 Å². The van der Waals surface area contributed by atoms with Crippen LogP contribution in [0.1, 0.15) is 29.7 Å². The molecule has 1 unspecified atom stereocenters. The van der Waals surface area contributed by atoms with E-state index in [1.807, 2.05) is 6.07 Å². The minimum Gasteiger partial charge on any atom is -0.478 e. The summed E-state index contributed by atoms with van der Waals surface area (Å²) >= 11 is 0. The number of hydrogen-bond donors (Lipinski definition) is 2. The summed E-state index contributed by atoms with van der Waals surface area (Å²) in [5.74, 6) is -5.78. The number of carbonyl (C=O) groups excluding carboxylic acids is 2. The molecular formula is C24H18F6N4O6S. The number of rotatable bonds is 7. The highest BCUT2D eigenvalue weighted by Gasteiger charge is 2.44. The number of nitrogens with one attached hydrogen (secondary N) is 1. The molecule has 0 saturated heterocycles. The summed E-state index contributed by atoms with van der Waals surface area (Å²) in [5.41, 5.74) is -2.56. The van der Waals surface area contributed by atoms with Crippen molar-refractivity contribution in [2.24, 2.45) is 0 Å². The Morgan fingerprint density at radius 3 is 2.20 bits per heavy atom. The van der Waals surface area contributed by atoms with Gasteiger partial charge in [0.1, 0.15) is 6.54 Å². The molecule has 0 spiro atoms. The summed E-state index contributed by atoms with van der Waals surface area (Å²) in [6, 6.07) is 6.97. The molecule has 1 heterocycles. The number of hydrogen-bond acceptors (Lipinski definition) is 6. The molecule has 1 aliphatic heterocycles. The Bertz CT molecular complexity index is 1560. The van der Waals surface area contributed by atoms with Crippen molar-refractivity contribution < 1.29 is 54.3 Å². The Kier molecular flexibility index (Phi) is 8.39. The maximum Gasteiger partial charge on any atom is 0.416 e. The molecule has 2 N–H and O–H groups in total. The van der Waals surface area contributed by atoms with Crippen LogP contribution in [-0.2, 0) is 25.8 Å². The molecule has 0 fully saturated rings. The van der Waals surface area contributed by atoms with Gasteiger partial charge in [-0.2, -0.15) is 31.6 Å². The first-order valence-corrected chi connectivity index (χ1v) is 12.8. The van der Waals surface area contributed by atoms with Gasteiger partial charge in [0.05, 0.1) is 34.5 Å². The van der Waals surface area contributed by atoms with E-state index in [0.717, 1.165) is 23.8 Å². The number of nitriles is 1. The molecule has 0 aromatic heterocycles. The van der Waals surface area contributed by atoms with Crippen LogP contribution in [-0.4, -0.2) is 54.8 Å². The molecule has 0 radical (unpaired) electrons. The maximum absolute atomic E-state index is 13.7. The number of benzene rings is 2. The number of amides is 3. The first-order valence-electron chi connectivity index (χ1n) is 11.2. The zero-order valence-electron chi connectivity index (χ0n) is 20.6. The van der Waals surface area contributed by atoms with Gasteiger partial charge in [-0.1, -0.05) is 18.2 Å². The van der Waals surface area contributed by atoms with Crippen molar-refractivity contribution in [1.29, 1.82) is 5.26 Å². The quantitative estimate of drug-likeness (QED) is 0.455. The van der Waals surface area contributed by atoms with E-state index in [-0.39, 0.29) is 16.8 Å². The second-order valence-corrected chi connectivity index (χ2v) is 10.4. The van der Waals surface area contributed by atoms with Crippen molar-refractivity contribution in [1.82, 2.24) is 9.62 Å². The third-order valence-electron chi connectivity index (χ3n) is 5.70. The largest absolute Gasteiger partial charge is 0.478 e. The number of carbonyl (C=O) groups is 3. The molecule has 2 aromatic rings. The van der Waals surface area contributed by atoms with E-state index in [4.69, 9.17) is 5.26 Å². The number of aliphatic carboxylic acids is 1. The number of urea groups is 1. The van der Waals surface area contributed by atoms with Crippen molar-refractivity contribution in [2.75, 3.05) is 17.2 Å². The summed E-state index contributed by atoms with van der Waals surface area (Å²) in [6.45, 7) is -0.205. The molecule has 1 atom stereocenters. The molecule has 0 aliphatic carbocycles. The molecule has 3 rings (SSSR count). The molecule has 0 bridgehead atoms. The van der Waals surface area contributed by atoms with Crippen LogP contribution in [0, 0.1) is 11.3 Å². The number of halogens is 6. The predicted octanol–water partition coefficient (Wildman–Crippen LogP) is 3.93. The smallest absolute Gasteiger partial charge is 0.416 e. The molecule has 218 valence electrons. The summed E-state index contributed by atoms with van der Waals surface area (Å²) in [5, 5.41) is 19.1. The van der Waals surface area contributed by atoms with Crippen LogP contribution in [0.5, 0.6) is 0 Å². The second kappa shape index (κ2) is 11.1. The molecule has 1 aliphatic rings. The number of nitrogens with zero attached hydrogens (tertiary/aromatic N) is 3. The van der Waals surface area contributed by atoms with E-state index in [0.29, 0.717) is 21.9 Å². The topological polar surface area (TPSA) is 148 Å². The SMILES string of the molecule is CC1=C(C(=O)O)C(c2ccc(C#N)cc2)N(CC(=O)NS(=O)(=O)CC(F)(F)F)C(=O)N1c1cccc(C(F)(F)F)c1. The van der Waals surface area contributed by atoms with Gasteiger partial charge in [-0.3, -0.25) is 14.4 Å². The lowest BCUT2D eigenvalue weighted by Crippen LogP contribution is -2.54. The van der Waals surface area contributed by atoms with E-state index in [1.165, 1.54) is 24.3 Å². The van der Waals surface area contributed by atoms with E-state index >= 15 is 0 Å². The average molecular weight is 604 g/mol. The molecule has 10 nitrogen and oxygen atoms in total. The van der Waals surface area contributed by atoms with E-state index in [2.05, 4.69) is 0 Å². The number of carboxylic acids is 1. The Labute approximate surface area is 228 Å². The van der Waals surface area contributed by atoms with E-state index in [9.17, 15) is 54.3 Å². The molecular weight excluding hydrogens is 586 g/mol. The van der Waals surface area contributed by atoms with Gasteiger partial charge in [-0.05, 0) is 42.8 Å². The fourth-order valence-corrected chi connectivity index (χ4v) is 5.03. The van der Waals surface area contributed by atoms with Crippen molar-refractivity contribution in [3.63, 3.8) is 0 Å². The number of alkyl halides is 6. The number of carboxylic acid groups (broad SMARTS) is 1. The highest BCUT2D eigenvalue weighted by Crippen LogP contribution is 2.40. The number of sulfonamides is 1. The van der Waals surface area contributed by atoms with Crippen LogP contribution in [0.2, 0.25) is 0 Å². The van der Waals surface area contributed by atoms with Gasteiger partial charge in [0, 0.05) is 5.70 Å². The maximum atomic E-state index is 13.7. The first-order chi connectivity index (χ1) is 18.8. The zero-order chi connectivity index (χ0) is 30.9. The Balaban J connectivity index is 2.18. The molecule has 2 aromatic carbocycles. The van der Waals surface area contributed by atoms with Gasteiger partial charge >= 0.3 is 24.4 Å². The van der Waals surface area contributed by atoms with Crippen LogP contribution >= 0.6 is 0 Å². The summed E-state index contributed by atoms with van der Waals surface area (Å²) in [4.78, 5) is 39.7. The standard InChI is InChI=1S/C24H18F6N4O6S/c1-13-19(21(36)37)20(15-7-5-14(10-31)6-8-15)33(11-18(35)32-41(39,40)12-23(25,26)27)22(38)34(13)17-4-2-3-16(9-17)24(28,29)30/h2-9,20H,11-12H2,1H3,(H,32,35)(H,36,37). The summed E-state index contributed by atoms with van der Waals surface area (Å²) in [6.07, 6.45) is -10.1. The van der Waals surface area contributed by atoms with Crippen molar-refractivity contribution >= 4 is 33.6 Å². The highest BCUT2D eigenvalue weighted by atomic mass is 32.2. The van der Waals surface area contributed by atoms with Gasteiger partial charge in [0.15, 0.2) is 5.75 Å². The van der Waals surface area contributed by atoms with Crippen LogP contribution in [0.3, 0.4) is 0 Å². The van der Waals surface area contributed by atoms with E-state index in [1.54, 1.807) is 0 Å². The normalized spacial score (nSPS) is 16.4. The fourth-order valence-electron chi connectivity index (χ4n) is 4.11. The monoisotopic (exact) mass is 604 g/mol. The average Bonchev–Trinajstić information content (AvgIpc) is 2.83. The lowest BCUT2D eigenvalue weighted by atomic mass is 9.92. The molecule has 41 heavy (non-hydrogen) atoms. The summed E-state index contributed by atoms with van der Waals surface area (Å²) in [7, 11) is -5.29. The van der Waals surface area contributed by atoms with Gasteiger partial charge in [0.2, 0.25) is 10.0 Å². The third-order valence-corrected chi connectivity index (χ3v) is 6.95. The van der Waals surface area contributed by atoms with Gasteiger partial charge < -0.3 is 10.0 Å². The van der Waals surface area contributed by atoms with Crippen LogP contribution in [0.4, 0.5) is 36.8 Å². The van der Waals surface area contributed by atoms with Gasteiger partial charge in [-0.15, -0.1) is 0 Å². The molecule has 17 heteroatoms. The Hall–Kier alpha value is -4.59. The van der Waals surface area contributed by atoms with Crippen LogP contribution in [0.15, 0.2) is 59.8 Å². The Morgan fingerprint density at radius 2 is 1.68 bits per heavy atom. The minimum absolute atomic E-state index is 0.0104. The van der Waals surface area contributed by atoms with Crippen molar-refractivity contribution in [2.45, 2.75) is 25.3 Å². The van der Waals surface area contributed by atoms with Crippen molar-refractivity contribution in [3.8, 4) is 6.07 Å². The number of anilines is 1. The van der Waals surface area contributed by atoms with E-state index < -0.39 is 75.4 Å². The minimum atomic E-state index is -5.29. The van der Waals surface area contributed by atoms with Crippen LogP contribution in [0.25, 0.3) is 0 Å². The van der Waals surface area contributed by atoms with Crippen molar-refractivity contribution in [3.05, 3.63) is 76.5 Å².